The number of benzene rings is 1. The Hall–Kier alpha value is -1.39. The van der Waals surface area contributed by atoms with E-state index in [0.717, 1.165) is 13.1 Å². The minimum absolute atomic E-state index is 0.0519. The Morgan fingerprint density at radius 1 is 1.14 bits per heavy atom. The third kappa shape index (κ3) is 3.68. The van der Waals surface area contributed by atoms with Crippen molar-refractivity contribution in [3.63, 3.8) is 0 Å². The Labute approximate surface area is 132 Å². The van der Waals surface area contributed by atoms with Gasteiger partial charge in [0, 0.05) is 37.2 Å². The summed E-state index contributed by atoms with van der Waals surface area (Å²) in [7, 11) is 0. The van der Waals surface area contributed by atoms with E-state index in [0.29, 0.717) is 18.2 Å². The van der Waals surface area contributed by atoms with Crippen LogP contribution in [0.5, 0.6) is 0 Å². The monoisotopic (exact) mass is 302 g/mol. The van der Waals surface area contributed by atoms with Gasteiger partial charge in [0.25, 0.3) is 5.91 Å². The van der Waals surface area contributed by atoms with Crippen molar-refractivity contribution >= 4 is 5.91 Å². The van der Waals surface area contributed by atoms with Gasteiger partial charge in [0.05, 0.1) is 6.10 Å². The number of nitrogens with zero attached hydrogens (tertiary/aromatic N) is 1. The van der Waals surface area contributed by atoms with Crippen LogP contribution in [0.4, 0.5) is 0 Å². The molecule has 4 heteroatoms. The number of β-amino-alcohol motifs (C(OH)–C–C–N with tert-alkyl or cyclic N) is 1. The summed E-state index contributed by atoms with van der Waals surface area (Å²) in [5, 5.41) is 13.2. The van der Waals surface area contributed by atoms with Gasteiger partial charge in [-0.3, -0.25) is 9.69 Å². The first-order valence-electron chi connectivity index (χ1n) is 8.49. The highest BCUT2D eigenvalue weighted by Crippen LogP contribution is 2.27. The molecular weight excluding hydrogens is 276 g/mol. The molecule has 1 saturated heterocycles. The van der Waals surface area contributed by atoms with Crippen LogP contribution in [0.15, 0.2) is 30.3 Å². The van der Waals surface area contributed by atoms with Gasteiger partial charge in [-0.1, -0.05) is 37.5 Å². The van der Waals surface area contributed by atoms with E-state index in [4.69, 9.17) is 0 Å². The minimum atomic E-state index is -0.321. The second-order valence-corrected chi connectivity index (χ2v) is 6.65. The number of carbonyl (C=O) groups excluding carboxylic acids is 1. The Kier molecular flexibility index (Phi) is 5.11. The van der Waals surface area contributed by atoms with E-state index < -0.39 is 0 Å². The fraction of sp³-hybridized carbons (Fsp3) is 0.611. The number of hydrogen-bond donors (Lipinski definition) is 2. The van der Waals surface area contributed by atoms with Crippen molar-refractivity contribution in [3.05, 3.63) is 35.9 Å². The molecule has 2 fully saturated rings. The summed E-state index contributed by atoms with van der Waals surface area (Å²) >= 11 is 0. The molecule has 1 amide bonds. The molecule has 2 unspecified atom stereocenters. The summed E-state index contributed by atoms with van der Waals surface area (Å²) in [6, 6.07) is 9.90. The average Bonchev–Trinajstić information content (AvgIpc) is 2.95. The quantitative estimate of drug-likeness (QED) is 0.895. The summed E-state index contributed by atoms with van der Waals surface area (Å²) in [5.74, 6) is 0.0958. The third-order valence-corrected chi connectivity index (χ3v) is 5.09. The van der Waals surface area contributed by atoms with E-state index >= 15 is 0 Å². The lowest BCUT2D eigenvalue weighted by Crippen LogP contribution is -2.36. The molecule has 0 spiro atoms. The van der Waals surface area contributed by atoms with Gasteiger partial charge in [-0.25, -0.2) is 0 Å². The van der Waals surface area contributed by atoms with E-state index in [9.17, 15) is 9.90 Å². The fourth-order valence-electron chi connectivity index (χ4n) is 3.75. The first-order valence-corrected chi connectivity index (χ1v) is 8.49. The van der Waals surface area contributed by atoms with Gasteiger partial charge >= 0.3 is 0 Å². The normalized spacial score (nSPS) is 27.0. The van der Waals surface area contributed by atoms with Gasteiger partial charge in [0.1, 0.15) is 0 Å². The maximum Gasteiger partial charge on any atom is 0.251 e. The van der Waals surface area contributed by atoms with Gasteiger partial charge in [0.15, 0.2) is 0 Å². The molecule has 1 saturated carbocycles. The van der Waals surface area contributed by atoms with Crippen molar-refractivity contribution in [2.75, 3.05) is 19.6 Å². The molecule has 0 radical (unpaired) electrons. The molecule has 1 aliphatic carbocycles. The molecule has 1 aliphatic heterocycles. The highest BCUT2D eigenvalue weighted by Gasteiger charge is 2.35. The zero-order chi connectivity index (χ0) is 15.4. The molecule has 2 aliphatic rings. The van der Waals surface area contributed by atoms with Crippen molar-refractivity contribution in [2.24, 2.45) is 5.92 Å². The van der Waals surface area contributed by atoms with Gasteiger partial charge in [-0.2, -0.15) is 0 Å². The van der Waals surface area contributed by atoms with Crippen molar-refractivity contribution in [3.8, 4) is 0 Å². The Balaban J connectivity index is 1.49. The van der Waals surface area contributed by atoms with Crippen LogP contribution in [-0.2, 0) is 0 Å². The lowest BCUT2D eigenvalue weighted by atomic mass is 9.94. The van der Waals surface area contributed by atoms with Gasteiger partial charge < -0.3 is 10.4 Å². The molecule has 1 aromatic rings. The maximum atomic E-state index is 12.1. The molecule has 2 N–H and O–H groups in total. The first kappa shape index (κ1) is 15.5. The van der Waals surface area contributed by atoms with Crippen LogP contribution in [0, 0.1) is 5.92 Å². The summed E-state index contributed by atoms with van der Waals surface area (Å²) in [5.41, 5.74) is 0.680. The molecule has 2 atom stereocenters. The number of amides is 1. The van der Waals surface area contributed by atoms with E-state index in [-0.39, 0.29) is 17.9 Å². The smallest absolute Gasteiger partial charge is 0.251 e. The topological polar surface area (TPSA) is 52.6 Å². The van der Waals surface area contributed by atoms with Crippen LogP contribution >= 0.6 is 0 Å². The predicted octanol–water partition coefficient (Wildman–Crippen LogP) is 2.04. The second kappa shape index (κ2) is 7.25. The third-order valence-electron chi connectivity index (χ3n) is 5.09. The molecule has 0 bridgehead atoms. The lowest BCUT2D eigenvalue weighted by molar-refractivity contribution is 0.0926. The lowest BCUT2D eigenvalue weighted by Gasteiger charge is -2.30. The molecule has 3 rings (SSSR count). The number of hydrogen-bond acceptors (Lipinski definition) is 3. The largest absolute Gasteiger partial charge is 0.391 e. The summed E-state index contributed by atoms with van der Waals surface area (Å²) < 4.78 is 0. The van der Waals surface area contributed by atoms with Crippen molar-refractivity contribution < 1.29 is 9.90 Å². The average molecular weight is 302 g/mol. The minimum Gasteiger partial charge on any atom is -0.391 e. The Bertz CT molecular complexity index is 485. The summed E-state index contributed by atoms with van der Waals surface area (Å²) in [6.45, 7) is 2.22. The number of rotatable bonds is 4. The van der Waals surface area contributed by atoms with Crippen molar-refractivity contribution in [1.29, 1.82) is 0 Å². The maximum absolute atomic E-state index is 12.1. The molecular formula is C18H26N2O2. The van der Waals surface area contributed by atoms with Crippen molar-refractivity contribution in [1.82, 2.24) is 10.2 Å². The number of carbonyl (C=O) groups is 1. The highest BCUT2D eigenvalue weighted by atomic mass is 16.3. The number of likely N-dealkylation sites (tertiary alicyclic amines) is 1. The van der Waals surface area contributed by atoms with Crippen LogP contribution in [-0.4, -0.2) is 47.7 Å². The first-order chi connectivity index (χ1) is 10.7. The van der Waals surface area contributed by atoms with E-state index in [1.54, 1.807) is 0 Å². The molecule has 4 nitrogen and oxygen atoms in total. The SMILES string of the molecule is O=C(NCC1CN(C2CCCCC2)CC1O)c1ccccc1. The second-order valence-electron chi connectivity index (χ2n) is 6.65. The van der Waals surface area contributed by atoms with Crippen LogP contribution < -0.4 is 5.32 Å². The molecule has 22 heavy (non-hydrogen) atoms. The van der Waals surface area contributed by atoms with E-state index in [2.05, 4.69) is 10.2 Å². The van der Waals surface area contributed by atoms with Gasteiger partial charge in [-0.15, -0.1) is 0 Å². The Morgan fingerprint density at radius 2 is 1.86 bits per heavy atom. The number of aliphatic hydroxyl groups excluding tert-OH is 1. The van der Waals surface area contributed by atoms with Crippen molar-refractivity contribution in [2.45, 2.75) is 44.2 Å². The molecule has 120 valence electrons. The summed E-state index contributed by atoms with van der Waals surface area (Å²) in [6.07, 6.45) is 6.17. The highest BCUT2D eigenvalue weighted by molar-refractivity contribution is 5.94. The molecule has 1 heterocycles. The van der Waals surface area contributed by atoms with Gasteiger partial charge in [-0.05, 0) is 25.0 Å². The van der Waals surface area contributed by atoms with Gasteiger partial charge in [0.2, 0.25) is 0 Å². The zero-order valence-corrected chi connectivity index (χ0v) is 13.1. The fourth-order valence-corrected chi connectivity index (χ4v) is 3.75. The standard InChI is InChI=1S/C18H26N2O2/c21-17-13-20(16-9-5-2-6-10-16)12-15(17)11-19-18(22)14-7-3-1-4-8-14/h1,3-4,7-8,15-17,21H,2,5-6,9-13H2,(H,19,22). The van der Waals surface area contributed by atoms with Crippen LogP contribution in [0.3, 0.4) is 0 Å². The van der Waals surface area contributed by atoms with Crippen LogP contribution in [0.2, 0.25) is 0 Å². The summed E-state index contributed by atoms with van der Waals surface area (Å²) in [4.78, 5) is 14.5. The molecule has 1 aromatic carbocycles. The Morgan fingerprint density at radius 3 is 2.59 bits per heavy atom. The van der Waals surface area contributed by atoms with Crippen LogP contribution in [0.1, 0.15) is 42.5 Å². The molecule has 0 aromatic heterocycles. The van der Waals surface area contributed by atoms with Crippen LogP contribution in [0.25, 0.3) is 0 Å². The number of nitrogens with one attached hydrogen (secondary N) is 1. The number of aliphatic hydroxyl groups is 1. The zero-order valence-electron chi connectivity index (χ0n) is 13.1. The predicted molar refractivity (Wildman–Crippen MR) is 86.7 cm³/mol. The van der Waals surface area contributed by atoms with E-state index in [1.807, 2.05) is 30.3 Å². The van der Waals surface area contributed by atoms with E-state index in [1.165, 1.54) is 32.1 Å².